The lowest BCUT2D eigenvalue weighted by molar-refractivity contribution is 0.0785. The molecular weight excluding hydrogens is 321 g/mol. The molecule has 2 aromatic rings. The first kappa shape index (κ1) is 14.7. The molecule has 0 atom stereocenters. The Kier molecular flexibility index (Phi) is 4.55. The number of benzene rings is 2. The summed E-state index contributed by atoms with van der Waals surface area (Å²) in [4.78, 5) is 13.9. The topological polar surface area (TPSA) is 20.3 Å². The van der Waals surface area contributed by atoms with Gasteiger partial charge in [0, 0.05) is 23.6 Å². The maximum absolute atomic E-state index is 13.1. The van der Waals surface area contributed by atoms with Crippen LogP contribution in [-0.4, -0.2) is 17.9 Å². The van der Waals surface area contributed by atoms with Crippen molar-refractivity contribution in [2.75, 3.05) is 7.05 Å². The van der Waals surface area contributed by atoms with Crippen molar-refractivity contribution in [2.24, 2.45) is 0 Å². The minimum Gasteiger partial charge on any atom is -0.337 e. The SMILES string of the molecule is Cc1cc(C(=O)N(C)Cc2cccc(F)c2)ccc1Br. The lowest BCUT2D eigenvalue weighted by atomic mass is 10.1. The zero-order valence-electron chi connectivity index (χ0n) is 11.4. The Labute approximate surface area is 126 Å². The van der Waals surface area contributed by atoms with E-state index in [2.05, 4.69) is 15.9 Å². The van der Waals surface area contributed by atoms with Crippen molar-refractivity contribution in [1.82, 2.24) is 4.90 Å². The number of carbonyl (C=O) groups excluding carboxylic acids is 1. The van der Waals surface area contributed by atoms with Crippen molar-refractivity contribution in [1.29, 1.82) is 0 Å². The molecule has 104 valence electrons. The highest BCUT2D eigenvalue weighted by Crippen LogP contribution is 2.18. The second kappa shape index (κ2) is 6.18. The van der Waals surface area contributed by atoms with Gasteiger partial charge in [-0.2, -0.15) is 0 Å². The second-order valence-electron chi connectivity index (χ2n) is 4.76. The van der Waals surface area contributed by atoms with Crippen molar-refractivity contribution in [3.8, 4) is 0 Å². The third-order valence-electron chi connectivity index (χ3n) is 3.06. The average Bonchev–Trinajstić information content (AvgIpc) is 2.41. The van der Waals surface area contributed by atoms with Gasteiger partial charge >= 0.3 is 0 Å². The number of amides is 1. The molecule has 2 rings (SSSR count). The van der Waals surface area contributed by atoms with E-state index in [9.17, 15) is 9.18 Å². The molecule has 0 fully saturated rings. The molecule has 0 radical (unpaired) electrons. The van der Waals surface area contributed by atoms with Crippen LogP contribution in [0.25, 0.3) is 0 Å². The van der Waals surface area contributed by atoms with Crippen LogP contribution in [0.5, 0.6) is 0 Å². The van der Waals surface area contributed by atoms with Gasteiger partial charge < -0.3 is 4.90 Å². The molecule has 0 saturated carbocycles. The zero-order chi connectivity index (χ0) is 14.7. The van der Waals surface area contributed by atoms with Crippen molar-refractivity contribution < 1.29 is 9.18 Å². The number of aryl methyl sites for hydroxylation is 1. The first-order valence-corrected chi connectivity index (χ1v) is 7.03. The molecule has 0 aliphatic rings. The quantitative estimate of drug-likeness (QED) is 0.824. The molecule has 0 unspecified atom stereocenters. The van der Waals surface area contributed by atoms with E-state index >= 15 is 0 Å². The fraction of sp³-hybridized carbons (Fsp3) is 0.188. The fourth-order valence-electron chi connectivity index (χ4n) is 1.98. The summed E-state index contributed by atoms with van der Waals surface area (Å²) in [5.41, 5.74) is 2.41. The highest BCUT2D eigenvalue weighted by molar-refractivity contribution is 9.10. The summed E-state index contributed by atoms with van der Waals surface area (Å²) in [5.74, 6) is -0.368. The van der Waals surface area contributed by atoms with Crippen LogP contribution < -0.4 is 0 Å². The Morgan fingerprint density at radius 3 is 2.65 bits per heavy atom. The van der Waals surface area contributed by atoms with E-state index < -0.39 is 0 Å². The van der Waals surface area contributed by atoms with E-state index in [-0.39, 0.29) is 11.7 Å². The molecule has 20 heavy (non-hydrogen) atoms. The third-order valence-corrected chi connectivity index (χ3v) is 3.95. The standard InChI is InChI=1S/C16H15BrFNO/c1-11-8-13(6-7-15(11)17)16(20)19(2)10-12-4-3-5-14(18)9-12/h3-9H,10H2,1-2H3. The number of hydrogen-bond donors (Lipinski definition) is 0. The van der Waals surface area contributed by atoms with Crippen LogP contribution in [0.3, 0.4) is 0 Å². The second-order valence-corrected chi connectivity index (χ2v) is 5.61. The molecule has 2 nitrogen and oxygen atoms in total. The number of carbonyl (C=O) groups is 1. The summed E-state index contributed by atoms with van der Waals surface area (Å²) < 4.78 is 14.1. The lowest BCUT2D eigenvalue weighted by Gasteiger charge is -2.18. The highest BCUT2D eigenvalue weighted by Gasteiger charge is 2.13. The Balaban J connectivity index is 2.14. The molecular formula is C16H15BrFNO. The molecule has 0 heterocycles. The van der Waals surface area contributed by atoms with Gasteiger partial charge in [0.1, 0.15) is 5.82 Å². The van der Waals surface area contributed by atoms with Gasteiger partial charge in [0.2, 0.25) is 0 Å². The minimum atomic E-state index is -0.289. The molecule has 0 aliphatic heterocycles. The first-order valence-electron chi connectivity index (χ1n) is 6.23. The molecule has 0 saturated heterocycles. The van der Waals surface area contributed by atoms with Gasteiger partial charge in [-0.3, -0.25) is 4.79 Å². The number of nitrogens with zero attached hydrogens (tertiary/aromatic N) is 1. The number of hydrogen-bond acceptors (Lipinski definition) is 1. The Hall–Kier alpha value is -1.68. The molecule has 1 amide bonds. The van der Waals surface area contributed by atoms with Gasteiger partial charge in [-0.25, -0.2) is 4.39 Å². The number of halogens is 2. The molecule has 0 spiro atoms. The lowest BCUT2D eigenvalue weighted by Crippen LogP contribution is -2.26. The smallest absolute Gasteiger partial charge is 0.253 e. The van der Waals surface area contributed by atoms with E-state index in [4.69, 9.17) is 0 Å². The van der Waals surface area contributed by atoms with Crippen molar-refractivity contribution in [3.05, 3.63) is 69.4 Å². The first-order chi connectivity index (χ1) is 9.47. The van der Waals surface area contributed by atoms with E-state index in [0.29, 0.717) is 12.1 Å². The largest absolute Gasteiger partial charge is 0.337 e. The maximum Gasteiger partial charge on any atom is 0.253 e. The van der Waals surface area contributed by atoms with Gasteiger partial charge in [0.25, 0.3) is 5.91 Å². The van der Waals surface area contributed by atoms with Gasteiger partial charge in [-0.05, 0) is 48.4 Å². The van der Waals surface area contributed by atoms with Gasteiger partial charge in [-0.15, -0.1) is 0 Å². The Morgan fingerprint density at radius 1 is 1.25 bits per heavy atom. The monoisotopic (exact) mass is 335 g/mol. The Bertz CT molecular complexity index is 642. The van der Waals surface area contributed by atoms with Gasteiger partial charge in [0.15, 0.2) is 0 Å². The summed E-state index contributed by atoms with van der Waals surface area (Å²) in [6, 6.07) is 11.8. The maximum atomic E-state index is 13.1. The molecule has 0 N–H and O–H groups in total. The summed E-state index contributed by atoms with van der Waals surface area (Å²) in [5, 5.41) is 0. The summed E-state index contributed by atoms with van der Waals surface area (Å²) in [7, 11) is 1.71. The highest BCUT2D eigenvalue weighted by atomic mass is 79.9. The van der Waals surface area contributed by atoms with Crippen LogP contribution in [0, 0.1) is 12.7 Å². The average molecular weight is 336 g/mol. The van der Waals surface area contributed by atoms with Crippen molar-refractivity contribution in [2.45, 2.75) is 13.5 Å². The van der Waals surface area contributed by atoms with Crippen LogP contribution in [-0.2, 0) is 6.54 Å². The molecule has 4 heteroatoms. The summed E-state index contributed by atoms with van der Waals surface area (Å²) in [6.07, 6.45) is 0. The molecule has 2 aromatic carbocycles. The van der Waals surface area contributed by atoms with E-state index in [0.717, 1.165) is 15.6 Å². The summed E-state index contributed by atoms with van der Waals surface area (Å²) in [6.45, 7) is 2.32. The van der Waals surface area contributed by atoms with Gasteiger partial charge in [-0.1, -0.05) is 28.1 Å². The molecule has 0 bridgehead atoms. The van der Waals surface area contributed by atoms with Gasteiger partial charge in [0.05, 0.1) is 0 Å². The number of rotatable bonds is 3. The molecule has 0 aromatic heterocycles. The van der Waals surface area contributed by atoms with E-state index in [1.165, 1.54) is 12.1 Å². The third kappa shape index (κ3) is 3.45. The normalized spacial score (nSPS) is 10.4. The Morgan fingerprint density at radius 2 is 2.00 bits per heavy atom. The van der Waals surface area contributed by atoms with Crippen LogP contribution in [0.2, 0.25) is 0 Å². The van der Waals surface area contributed by atoms with Crippen LogP contribution in [0.4, 0.5) is 4.39 Å². The van der Waals surface area contributed by atoms with E-state index in [1.807, 2.05) is 19.1 Å². The minimum absolute atomic E-state index is 0.0788. The van der Waals surface area contributed by atoms with Crippen LogP contribution in [0.15, 0.2) is 46.9 Å². The van der Waals surface area contributed by atoms with Crippen molar-refractivity contribution >= 4 is 21.8 Å². The van der Waals surface area contributed by atoms with E-state index in [1.54, 1.807) is 30.1 Å². The predicted octanol–water partition coefficient (Wildman–Crippen LogP) is 4.17. The van der Waals surface area contributed by atoms with Crippen molar-refractivity contribution in [3.63, 3.8) is 0 Å². The molecule has 0 aliphatic carbocycles. The van der Waals surface area contributed by atoms with Crippen LogP contribution >= 0.6 is 15.9 Å². The zero-order valence-corrected chi connectivity index (χ0v) is 12.9. The summed E-state index contributed by atoms with van der Waals surface area (Å²) >= 11 is 3.41. The fourth-order valence-corrected chi connectivity index (χ4v) is 2.23. The van der Waals surface area contributed by atoms with Crippen LogP contribution in [0.1, 0.15) is 21.5 Å². The predicted molar refractivity (Wildman–Crippen MR) is 81.1 cm³/mol.